The van der Waals surface area contributed by atoms with Crippen LogP contribution < -0.4 is 0 Å². The van der Waals surface area contributed by atoms with Gasteiger partial charge in [-0.15, -0.1) is 0 Å². The summed E-state index contributed by atoms with van der Waals surface area (Å²) in [5.74, 6) is -1.01. The average Bonchev–Trinajstić information content (AvgIpc) is 3.07. The van der Waals surface area contributed by atoms with Gasteiger partial charge in [0.2, 0.25) is 0 Å². The zero-order chi connectivity index (χ0) is 25.4. The van der Waals surface area contributed by atoms with E-state index in [1.54, 1.807) is 49.6 Å². The number of amides is 1. The highest BCUT2D eigenvalue weighted by Gasteiger charge is 2.33. The van der Waals surface area contributed by atoms with Gasteiger partial charge in [-0.05, 0) is 65.7 Å². The molecule has 0 aliphatic rings. The Balaban J connectivity index is 2.47. The minimum Gasteiger partial charge on any atom is -0.461 e. The molecule has 0 aliphatic carbocycles. The predicted octanol–water partition coefficient (Wildman–Crippen LogP) is 5.10. The molecule has 1 amide bonds. The number of esters is 1. The molecule has 0 saturated carbocycles. The fourth-order valence-electron chi connectivity index (χ4n) is 4.21. The van der Waals surface area contributed by atoms with Gasteiger partial charge in [-0.1, -0.05) is 23.7 Å². The second-order valence-electron chi connectivity index (χ2n) is 7.97. The third kappa shape index (κ3) is 5.88. The standard InChI is InChI=1S/C26H35ClN2O5/c1-7-28-18(5)22(17(4)23(28)26(32)34-9-3)24(30)19(6)29(15-12-16-33-8-2)25(31)20-13-10-11-14-21(20)27/h10-11,13-14,19H,7-9,12,15-16H2,1-6H3. The van der Waals surface area contributed by atoms with E-state index in [2.05, 4.69) is 0 Å². The third-order valence-corrected chi connectivity index (χ3v) is 6.23. The maximum atomic E-state index is 13.8. The predicted molar refractivity (Wildman–Crippen MR) is 133 cm³/mol. The molecule has 1 atom stereocenters. The largest absolute Gasteiger partial charge is 0.461 e. The van der Waals surface area contributed by atoms with Gasteiger partial charge < -0.3 is 18.9 Å². The van der Waals surface area contributed by atoms with Gasteiger partial charge in [-0.25, -0.2) is 4.79 Å². The Morgan fingerprint density at radius 1 is 1.09 bits per heavy atom. The summed E-state index contributed by atoms with van der Waals surface area (Å²) in [6, 6.07) is 6.03. The summed E-state index contributed by atoms with van der Waals surface area (Å²) in [6.45, 7) is 13.0. The quantitative estimate of drug-likeness (QED) is 0.235. The van der Waals surface area contributed by atoms with Gasteiger partial charge in [0.15, 0.2) is 5.78 Å². The first-order chi connectivity index (χ1) is 16.2. The molecule has 1 unspecified atom stereocenters. The van der Waals surface area contributed by atoms with E-state index in [0.29, 0.717) is 65.8 Å². The number of Topliss-reactive ketones (excluding diaryl/α,β-unsaturated/α-hetero) is 1. The van der Waals surface area contributed by atoms with E-state index in [-0.39, 0.29) is 18.3 Å². The monoisotopic (exact) mass is 490 g/mol. The molecule has 0 spiro atoms. The van der Waals surface area contributed by atoms with Crippen molar-refractivity contribution < 1.29 is 23.9 Å². The third-order valence-electron chi connectivity index (χ3n) is 5.90. The summed E-state index contributed by atoms with van der Waals surface area (Å²) in [4.78, 5) is 41.4. The van der Waals surface area contributed by atoms with Crippen molar-refractivity contribution in [3.8, 4) is 0 Å². The van der Waals surface area contributed by atoms with Crippen LogP contribution >= 0.6 is 11.6 Å². The summed E-state index contributed by atoms with van der Waals surface area (Å²) in [6.07, 6.45) is 0.573. The van der Waals surface area contributed by atoms with Crippen molar-refractivity contribution in [2.45, 2.75) is 60.5 Å². The first kappa shape index (κ1) is 27.6. The molecule has 1 heterocycles. The van der Waals surface area contributed by atoms with Crippen molar-refractivity contribution >= 4 is 29.3 Å². The highest BCUT2D eigenvalue weighted by Crippen LogP contribution is 2.27. The summed E-state index contributed by atoms with van der Waals surface area (Å²) < 4.78 is 12.5. The highest BCUT2D eigenvalue weighted by molar-refractivity contribution is 6.33. The molecule has 2 rings (SSSR count). The summed E-state index contributed by atoms with van der Waals surface area (Å²) >= 11 is 6.29. The number of rotatable bonds is 12. The molecular weight excluding hydrogens is 456 g/mol. The van der Waals surface area contributed by atoms with Crippen LogP contribution in [0.2, 0.25) is 5.02 Å². The van der Waals surface area contributed by atoms with E-state index < -0.39 is 12.0 Å². The van der Waals surface area contributed by atoms with Crippen LogP contribution in [0.5, 0.6) is 0 Å². The molecule has 0 aliphatic heterocycles. The van der Waals surface area contributed by atoms with Crippen molar-refractivity contribution in [2.75, 3.05) is 26.4 Å². The van der Waals surface area contributed by atoms with E-state index in [9.17, 15) is 14.4 Å². The lowest BCUT2D eigenvalue weighted by Gasteiger charge is -2.29. The number of hydrogen-bond donors (Lipinski definition) is 0. The van der Waals surface area contributed by atoms with Gasteiger partial charge in [0.25, 0.3) is 5.91 Å². The Hall–Kier alpha value is -2.64. The van der Waals surface area contributed by atoms with Crippen molar-refractivity contribution in [3.63, 3.8) is 0 Å². The molecule has 0 fully saturated rings. The van der Waals surface area contributed by atoms with Crippen LogP contribution in [-0.2, 0) is 16.0 Å². The molecule has 34 heavy (non-hydrogen) atoms. The highest BCUT2D eigenvalue weighted by atomic mass is 35.5. The van der Waals surface area contributed by atoms with Crippen LogP contribution in [0.15, 0.2) is 24.3 Å². The molecule has 2 aromatic rings. The van der Waals surface area contributed by atoms with Gasteiger partial charge in [0.1, 0.15) is 5.69 Å². The normalized spacial score (nSPS) is 11.9. The van der Waals surface area contributed by atoms with Crippen molar-refractivity contribution in [2.24, 2.45) is 0 Å². The van der Waals surface area contributed by atoms with Crippen molar-refractivity contribution in [1.29, 1.82) is 0 Å². The maximum Gasteiger partial charge on any atom is 0.355 e. The Kier molecular flexibility index (Phi) is 10.3. The molecule has 7 nitrogen and oxygen atoms in total. The Morgan fingerprint density at radius 3 is 2.35 bits per heavy atom. The molecular formula is C26H35ClN2O5. The zero-order valence-corrected chi connectivity index (χ0v) is 21.7. The zero-order valence-electron chi connectivity index (χ0n) is 20.9. The first-order valence-corrected chi connectivity index (χ1v) is 12.1. The molecule has 1 aromatic carbocycles. The number of carbonyl (C=O) groups excluding carboxylic acids is 3. The Morgan fingerprint density at radius 2 is 1.76 bits per heavy atom. The number of hydrogen-bond acceptors (Lipinski definition) is 5. The number of carbonyl (C=O) groups is 3. The van der Waals surface area contributed by atoms with Crippen LogP contribution in [0.25, 0.3) is 0 Å². The van der Waals surface area contributed by atoms with Gasteiger partial charge >= 0.3 is 5.97 Å². The fourth-order valence-corrected chi connectivity index (χ4v) is 4.42. The van der Waals surface area contributed by atoms with Gasteiger partial charge in [0.05, 0.1) is 23.2 Å². The van der Waals surface area contributed by atoms with E-state index in [1.165, 1.54) is 4.90 Å². The number of ether oxygens (including phenoxy) is 2. The van der Waals surface area contributed by atoms with E-state index >= 15 is 0 Å². The molecule has 186 valence electrons. The molecule has 1 aromatic heterocycles. The second kappa shape index (κ2) is 12.7. The van der Waals surface area contributed by atoms with Crippen molar-refractivity contribution in [1.82, 2.24) is 9.47 Å². The lowest BCUT2D eigenvalue weighted by molar-refractivity contribution is 0.0512. The van der Waals surface area contributed by atoms with Crippen molar-refractivity contribution in [3.05, 3.63) is 57.4 Å². The van der Waals surface area contributed by atoms with Gasteiger partial charge in [0, 0.05) is 37.6 Å². The number of halogens is 1. The lowest BCUT2D eigenvalue weighted by atomic mass is 9.99. The van der Waals surface area contributed by atoms with Crippen LogP contribution in [0, 0.1) is 13.8 Å². The first-order valence-electron chi connectivity index (χ1n) is 11.7. The minimum atomic E-state index is -0.773. The number of aromatic nitrogens is 1. The van der Waals surface area contributed by atoms with E-state index in [0.717, 1.165) is 0 Å². The van der Waals surface area contributed by atoms with Gasteiger partial charge in [-0.2, -0.15) is 0 Å². The topological polar surface area (TPSA) is 77.8 Å². The van der Waals surface area contributed by atoms with Crippen LogP contribution in [-0.4, -0.2) is 59.5 Å². The van der Waals surface area contributed by atoms with Crippen LogP contribution in [0.3, 0.4) is 0 Å². The molecule has 0 N–H and O–H groups in total. The fraction of sp³-hybridized carbons (Fsp3) is 0.500. The Labute approximate surface area is 207 Å². The lowest BCUT2D eigenvalue weighted by Crippen LogP contribution is -2.44. The average molecular weight is 491 g/mol. The summed E-state index contributed by atoms with van der Waals surface area (Å²) in [7, 11) is 0. The molecule has 8 heteroatoms. The molecule has 0 radical (unpaired) electrons. The summed E-state index contributed by atoms with van der Waals surface area (Å²) in [5, 5.41) is 0.330. The van der Waals surface area contributed by atoms with Crippen LogP contribution in [0.1, 0.15) is 76.6 Å². The summed E-state index contributed by atoms with van der Waals surface area (Å²) in [5.41, 5.74) is 2.40. The number of benzene rings is 1. The second-order valence-corrected chi connectivity index (χ2v) is 8.38. The maximum absolute atomic E-state index is 13.8. The SMILES string of the molecule is CCOCCCN(C(=O)c1ccccc1Cl)C(C)C(=O)c1c(C)c(C(=O)OCC)n(CC)c1C. The molecule has 0 saturated heterocycles. The van der Waals surface area contributed by atoms with E-state index in [1.807, 2.05) is 20.8 Å². The van der Waals surface area contributed by atoms with Gasteiger partial charge in [-0.3, -0.25) is 9.59 Å². The number of ketones is 1. The van der Waals surface area contributed by atoms with E-state index in [4.69, 9.17) is 21.1 Å². The Bertz CT molecular complexity index is 1030. The smallest absolute Gasteiger partial charge is 0.355 e. The van der Waals surface area contributed by atoms with Crippen LogP contribution in [0.4, 0.5) is 0 Å². The minimum absolute atomic E-state index is 0.232. The number of nitrogens with zero attached hydrogens (tertiary/aromatic N) is 2. The molecule has 0 bridgehead atoms.